The molecule has 0 radical (unpaired) electrons. The van der Waals surface area contributed by atoms with E-state index in [1.165, 1.54) is 39.8 Å². The lowest BCUT2D eigenvalue weighted by molar-refractivity contribution is -0.112. The van der Waals surface area contributed by atoms with Gasteiger partial charge in [-0.3, -0.25) is 9.59 Å². The van der Waals surface area contributed by atoms with Crippen molar-refractivity contribution in [1.82, 2.24) is 9.97 Å². The quantitative estimate of drug-likeness (QED) is 0.294. The SMILES string of the molecule is COc1ccc(NC(=O)C(=O)c2ccc(Oc3ncnc4cc(OC)c(OC)cc34)cc2F)cc1. The van der Waals surface area contributed by atoms with Gasteiger partial charge in [0.15, 0.2) is 11.5 Å². The highest BCUT2D eigenvalue weighted by atomic mass is 19.1. The van der Waals surface area contributed by atoms with Gasteiger partial charge in [0.1, 0.15) is 23.6 Å². The van der Waals surface area contributed by atoms with Gasteiger partial charge < -0.3 is 24.3 Å². The summed E-state index contributed by atoms with van der Waals surface area (Å²) in [6.07, 6.45) is 1.29. The van der Waals surface area contributed by atoms with Crippen LogP contribution >= 0.6 is 0 Å². The Morgan fingerprint density at radius 1 is 0.829 bits per heavy atom. The van der Waals surface area contributed by atoms with E-state index in [0.29, 0.717) is 33.8 Å². The van der Waals surface area contributed by atoms with Gasteiger partial charge in [0.05, 0.1) is 37.8 Å². The van der Waals surface area contributed by atoms with Crippen LogP contribution in [0.3, 0.4) is 0 Å². The number of benzene rings is 3. The number of amides is 1. The molecule has 0 bridgehead atoms. The van der Waals surface area contributed by atoms with Crippen molar-refractivity contribution >= 4 is 28.3 Å². The third-order valence-electron chi connectivity index (χ3n) is 5.06. The second-order valence-corrected chi connectivity index (χ2v) is 7.16. The topological polar surface area (TPSA) is 109 Å². The Hall–Kier alpha value is -4.73. The number of carbonyl (C=O) groups excluding carboxylic acids is 2. The lowest BCUT2D eigenvalue weighted by Gasteiger charge is -2.12. The number of anilines is 1. The van der Waals surface area contributed by atoms with Gasteiger partial charge >= 0.3 is 0 Å². The fourth-order valence-corrected chi connectivity index (χ4v) is 3.28. The summed E-state index contributed by atoms with van der Waals surface area (Å²) in [6.45, 7) is 0. The second kappa shape index (κ2) is 10.0. The second-order valence-electron chi connectivity index (χ2n) is 7.16. The van der Waals surface area contributed by atoms with E-state index in [0.717, 1.165) is 6.07 Å². The normalized spacial score (nSPS) is 10.5. The van der Waals surface area contributed by atoms with Gasteiger partial charge in [0.2, 0.25) is 5.88 Å². The number of hydrogen-bond acceptors (Lipinski definition) is 8. The number of carbonyl (C=O) groups is 2. The molecule has 3 aromatic carbocycles. The van der Waals surface area contributed by atoms with E-state index in [1.807, 2.05) is 0 Å². The number of fused-ring (bicyclic) bond motifs is 1. The number of aromatic nitrogens is 2. The Balaban J connectivity index is 1.54. The molecular formula is C25H20FN3O6. The van der Waals surface area contributed by atoms with Crippen LogP contribution in [0.5, 0.6) is 28.9 Å². The molecule has 0 saturated heterocycles. The van der Waals surface area contributed by atoms with Gasteiger partial charge in [-0.25, -0.2) is 14.4 Å². The standard InChI is InChI=1S/C25H20FN3O6/c1-32-15-6-4-14(5-7-15)29-24(31)23(30)17-9-8-16(10-19(17)26)35-25-18-11-21(33-2)22(34-3)12-20(18)27-13-28-25/h4-13H,1-3H3,(H,29,31). The van der Waals surface area contributed by atoms with Crippen molar-refractivity contribution in [1.29, 1.82) is 0 Å². The number of ketones is 1. The summed E-state index contributed by atoms with van der Waals surface area (Å²) in [5.41, 5.74) is 0.490. The molecule has 0 fully saturated rings. The van der Waals surface area contributed by atoms with Crippen LogP contribution in [0.4, 0.5) is 10.1 Å². The average molecular weight is 477 g/mol. The number of rotatable bonds is 8. The van der Waals surface area contributed by atoms with E-state index >= 15 is 0 Å². The minimum Gasteiger partial charge on any atom is -0.497 e. The van der Waals surface area contributed by atoms with Gasteiger partial charge in [-0.05, 0) is 42.5 Å². The molecule has 4 aromatic rings. The van der Waals surface area contributed by atoms with Crippen LogP contribution in [0.25, 0.3) is 10.9 Å². The first-order valence-electron chi connectivity index (χ1n) is 10.3. The van der Waals surface area contributed by atoms with Gasteiger partial charge in [0.25, 0.3) is 11.7 Å². The molecule has 9 nitrogen and oxygen atoms in total. The van der Waals surface area contributed by atoms with E-state index in [1.54, 1.807) is 36.4 Å². The zero-order valence-corrected chi connectivity index (χ0v) is 19.0. The molecule has 0 saturated carbocycles. The third-order valence-corrected chi connectivity index (χ3v) is 5.06. The van der Waals surface area contributed by atoms with Crippen LogP contribution < -0.4 is 24.3 Å². The highest BCUT2D eigenvalue weighted by Crippen LogP contribution is 2.36. The Labute approximate surface area is 199 Å². The van der Waals surface area contributed by atoms with Crippen molar-refractivity contribution in [2.45, 2.75) is 0 Å². The summed E-state index contributed by atoms with van der Waals surface area (Å²) < 4.78 is 36.1. The molecule has 0 atom stereocenters. The van der Waals surface area contributed by atoms with Gasteiger partial charge in [0, 0.05) is 17.8 Å². The van der Waals surface area contributed by atoms with E-state index in [-0.39, 0.29) is 11.6 Å². The highest BCUT2D eigenvalue weighted by molar-refractivity contribution is 6.46. The van der Waals surface area contributed by atoms with Crippen LogP contribution in [0, 0.1) is 5.82 Å². The number of nitrogens with zero attached hydrogens (tertiary/aromatic N) is 2. The molecule has 0 spiro atoms. The molecule has 178 valence electrons. The number of hydrogen-bond donors (Lipinski definition) is 1. The van der Waals surface area contributed by atoms with Gasteiger partial charge in [-0.15, -0.1) is 0 Å². The largest absolute Gasteiger partial charge is 0.497 e. The Bertz CT molecular complexity index is 1410. The van der Waals surface area contributed by atoms with Gasteiger partial charge in [-0.2, -0.15) is 0 Å². The zero-order chi connectivity index (χ0) is 24.9. The van der Waals surface area contributed by atoms with Crippen molar-refractivity contribution in [3.8, 4) is 28.9 Å². The molecular weight excluding hydrogens is 457 g/mol. The van der Waals surface area contributed by atoms with Gasteiger partial charge in [-0.1, -0.05) is 0 Å². The summed E-state index contributed by atoms with van der Waals surface area (Å²) in [5, 5.41) is 2.94. The van der Waals surface area contributed by atoms with Crippen molar-refractivity contribution in [2.24, 2.45) is 0 Å². The lowest BCUT2D eigenvalue weighted by Crippen LogP contribution is -2.23. The molecule has 0 aliphatic heterocycles. The van der Waals surface area contributed by atoms with Crippen LogP contribution in [-0.2, 0) is 4.79 Å². The summed E-state index contributed by atoms with van der Waals surface area (Å²) in [7, 11) is 4.50. The Morgan fingerprint density at radius 2 is 1.51 bits per heavy atom. The summed E-state index contributed by atoms with van der Waals surface area (Å²) in [6, 6.07) is 13.2. The first-order chi connectivity index (χ1) is 16.9. The molecule has 1 heterocycles. The number of ether oxygens (including phenoxy) is 4. The van der Waals surface area contributed by atoms with E-state index < -0.39 is 23.1 Å². The molecule has 1 amide bonds. The van der Waals surface area contributed by atoms with E-state index in [4.69, 9.17) is 18.9 Å². The Kier molecular flexibility index (Phi) is 6.72. The number of halogens is 1. The molecule has 0 aliphatic rings. The fraction of sp³-hybridized carbons (Fsp3) is 0.120. The van der Waals surface area contributed by atoms with Crippen molar-refractivity contribution < 1.29 is 32.9 Å². The minimum atomic E-state index is -1.03. The molecule has 4 rings (SSSR count). The number of Topliss-reactive ketones (excluding diaryl/α,β-unsaturated/α-hetero) is 1. The monoisotopic (exact) mass is 477 g/mol. The Morgan fingerprint density at radius 3 is 2.17 bits per heavy atom. The first-order valence-corrected chi connectivity index (χ1v) is 10.3. The minimum absolute atomic E-state index is 0.0735. The molecule has 0 unspecified atom stereocenters. The number of nitrogens with one attached hydrogen (secondary N) is 1. The fourth-order valence-electron chi connectivity index (χ4n) is 3.28. The molecule has 35 heavy (non-hydrogen) atoms. The smallest absolute Gasteiger partial charge is 0.296 e. The van der Waals surface area contributed by atoms with Crippen LogP contribution in [0.2, 0.25) is 0 Å². The van der Waals surface area contributed by atoms with Crippen LogP contribution in [0.15, 0.2) is 60.9 Å². The third kappa shape index (κ3) is 4.96. The maximum Gasteiger partial charge on any atom is 0.296 e. The average Bonchev–Trinajstić information content (AvgIpc) is 2.88. The molecule has 0 aliphatic carbocycles. The maximum atomic E-state index is 14.8. The molecule has 1 N–H and O–H groups in total. The predicted molar refractivity (Wildman–Crippen MR) is 125 cm³/mol. The summed E-state index contributed by atoms with van der Waals surface area (Å²) >= 11 is 0. The van der Waals surface area contributed by atoms with Crippen LogP contribution in [-0.4, -0.2) is 43.0 Å². The van der Waals surface area contributed by atoms with E-state index in [2.05, 4.69) is 15.3 Å². The van der Waals surface area contributed by atoms with Crippen molar-refractivity contribution in [3.63, 3.8) is 0 Å². The predicted octanol–water partition coefficient (Wildman–Crippen LogP) is 4.41. The maximum absolute atomic E-state index is 14.8. The highest BCUT2D eigenvalue weighted by Gasteiger charge is 2.21. The molecule has 1 aromatic heterocycles. The first kappa shape index (κ1) is 23.4. The summed E-state index contributed by atoms with van der Waals surface area (Å²) in [4.78, 5) is 33.1. The molecule has 10 heteroatoms. The van der Waals surface area contributed by atoms with E-state index in [9.17, 15) is 14.0 Å². The van der Waals surface area contributed by atoms with Crippen molar-refractivity contribution in [2.75, 3.05) is 26.6 Å². The summed E-state index contributed by atoms with van der Waals surface area (Å²) in [5.74, 6) is -1.21. The zero-order valence-electron chi connectivity index (χ0n) is 19.0. The number of methoxy groups -OCH3 is 3. The van der Waals surface area contributed by atoms with Crippen molar-refractivity contribution in [3.05, 3.63) is 72.3 Å². The lowest BCUT2D eigenvalue weighted by atomic mass is 10.1. The van der Waals surface area contributed by atoms with Crippen LogP contribution in [0.1, 0.15) is 10.4 Å².